The maximum atomic E-state index is 11.4. The molecule has 2 aromatic carbocycles. The number of nitrogens with zero attached hydrogens (tertiary/aromatic N) is 1. The summed E-state index contributed by atoms with van der Waals surface area (Å²) < 4.78 is 22.8. The molecule has 114 valence electrons. The van der Waals surface area contributed by atoms with Crippen LogP contribution in [0.4, 0.5) is 5.95 Å². The van der Waals surface area contributed by atoms with E-state index in [0.717, 1.165) is 35.5 Å². The number of nitrogens with one attached hydrogen (secondary N) is 2. The van der Waals surface area contributed by atoms with Crippen LogP contribution in [0.3, 0.4) is 0 Å². The molecule has 0 fully saturated rings. The Morgan fingerprint density at radius 2 is 1.82 bits per heavy atom. The lowest BCUT2D eigenvalue weighted by Crippen LogP contribution is -2.06. The van der Waals surface area contributed by atoms with Gasteiger partial charge in [0.2, 0.25) is 5.95 Å². The highest BCUT2D eigenvalue weighted by Crippen LogP contribution is 2.14. The first-order valence-corrected chi connectivity index (χ1v) is 8.89. The second-order valence-electron chi connectivity index (χ2n) is 5.20. The number of imidazole rings is 1. The number of rotatable bonds is 5. The molecule has 5 nitrogen and oxygen atoms in total. The monoisotopic (exact) mass is 315 g/mol. The number of fused-ring (bicyclic) bond motifs is 1. The molecule has 0 amide bonds. The molecular formula is C16H17N3O2S. The van der Waals surface area contributed by atoms with Gasteiger partial charge in [-0.3, -0.25) is 0 Å². The van der Waals surface area contributed by atoms with E-state index >= 15 is 0 Å². The molecule has 0 bridgehead atoms. The topological polar surface area (TPSA) is 74.8 Å². The van der Waals surface area contributed by atoms with Gasteiger partial charge >= 0.3 is 0 Å². The summed E-state index contributed by atoms with van der Waals surface area (Å²) in [6, 6.07) is 14.8. The van der Waals surface area contributed by atoms with Crippen LogP contribution in [0.1, 0.15) is 5.56 Å². The SMILES string of the molecule is CS(=O)(=O)c1ccc(CCNc2nc3ccccc3[nH]2)cc1. The van der Waals surface area contributed by atoms with Crippen molar-refractivity contribution in [3.05, 3.63) is 54.1 Å². The zero-order valence-electron chi connectivity index (χ0n) is 12.2. The number of aromatic nitrogens is 2. The number of para-hydroxylation sites is 2. The van der Waals surface area contributed by atoms with E-state index in [-0.39, 0.29) is 0 Å². The Labute approximate surface area is 129 Å². The van der Waals surface area contributed by atoms with E-state index in [2.05, 4.69) is 15.3 Å². The lowest BCUT2D eigenvalue weighted by atomic mass is 10.1. The van der Waals surface area contributed by atoms with Crippen molar-refractivity contribution in [3.63, 3.8) is 0 Å². The highest BCUT2D eigenvalue weighted by Gasteiger charge is 2.06. The number of sulfone groups is 1. The Morgan fingerprint density at radius 3 is 2.50 bits per heavy atom. The van der Waals surface area contributed by atoms with Crippen molar-refractivity contribution in [2.24, 2.45) is 0 Å². The first-order valence-electron chi connectivity index (χ1n) is 7.00. The van der Waals surface area contributed by atoms with Crippen LogP contribution in [0.25, 0.3) is 11.0 Å². The number of H-pyrrole nitrogens is 1. The van der Waals surface area contributed by atoms with Crippen LogP contribution in [0.2, 0.25) is 0 Å². The van der Waals surface area contributed by atoms with Gasteiger partial charge in [0, 0.05) is 12.8 Å². The number of benzene rings is 2. The molecule has 0 unspecified atom stereocenters. The molecule has 22 heavy (non-hydrogen) atoms. The minimum absolute atomic E-state index is 0.349. The van der Waals surface area contributed by atoms with Gasteiger partial charge in [0.15, 0.2) is 9.84 Å². The largest absolute Gasteiger partial charge is 0.355 e. The highest BCUT2D eigenvalue weighted by atomic mass is 32.2. The van der Waals surface area contributed by atoms with Crippen molar-refractivity contribution in [1.29, 1.82) is 0 Å². The lowest BCUT2D eigenvalue weighted by Gasteiger charge is -2.04. The van der Waals surface area contributed by atoms with E-state index in [1.807, 2.05) is 36.4 Å². The molecule has 1 aromatic heterocycles. The van der Waals surface area contributed by atoms with Crippen LogP contribution in [0, 0.1) is 0 Å². The van der Waals surface area contributed by atoms with Crippen LogP contribution >= 0.6 is 0 Å². The third kappa shape index (κ3) is 3.28. The van der Waals surface area contributed by atoms with Gasteiger partial charge in [-0.15, -0.1) is 0 Å². The first-order chi connectivity index (χ1) is 10.5. The van der Waals surface area contributed by atoms with Gasteiger partial charge in [0.05, 0.1) is 15.9 Å². The quantitative estimate of drug-likeness (QED) is 0.759. The summed E-state index contributed by atoms with van der Waals surface area (Å²) in [5.41, 5.74) is 3.01. The molecule has 0 atom stereocenters. The van der Waals surface area contributed by atoms with Crippen LogP contribution < -0.4 is 5.32 Å². The molecule has 0 aliphatic carbocycles. The van der Waals surface area contributed by atoms with Crippen molar-refractivity contribution < 1.29 is 8.42 Å². The Hall–Kier alpha value is -2.34. The average molecular weight is 315 g/mol. The molecule has 0 saturated heterocycles. The van der Waals surface area contributed by atoms with E-state index in [1.54, 1.807) is 12.1 Å². The average Bonchev–Trinajstić information content (AvgIpc) is 2.89. The summed E-state index contributed by atoms with van der Waals surface area (Å²) in [7, 11) is -3.13. The standard InChI is InChI=1S/C16H17N3O2S/c1-22(20,21)13-8-6-12(7-9-13)10-11-17-16-18-14-4-2-3-5-15(14)19-16/h2-9H,10-11H2,1H3,(H2,17,18,19). The second-order valence-corrected chi connectivity index (χ2v) is 7.21. The Kier molecular flexibility index (Phi) is 3.85. The first kappa shape index (κ1) is 14.6. The maximum absolute atomic E-state index is 11.4. The third-order valence-corrected chi connectivity index (χ3v) is 4.58. The third-order valence-electron chi connectivity index (χ3n) is 3.45. The fourth-order valence-corrected chi connectivity index (χ4v) is 2.90. The summed E-state index contributed by atoms with van der Waals surface area (Å²) in [4.78, 5) is 8.00. The van der Waals surface area contributed by atoms with E-state index in [1.165, 1.54) is 6.26 Å². The van der Waals surface area contributed by atoms with Crippen molar-refractivity contribution in [2.75, 3.05) is 18.1 Å². The van der Waals surface area contributed by atoms with Gasteiger partial charge in [-0.1, -0.05) is 24.3 Å². The normalized spacial score (nSPS) is 11.7. The van der Waals surface area contributed by atoms with Crippen LogP contribution in [-0.2, 0) is 16.3 Å². The molecule has 0 radical (unpaired) electrons. The molecule has 3 rings (SSSR count). The molecule has 0 aliphatic rings. The number of aromatic amines is 1. The summed E-state index contributed by atoms with van der Waals surface area (Å²) >= 11 is 0. The van der Waals surface area contributed by atoms with Gasteiger partial charge < -0.3 is 10.3 Å². The minimum Gasteiger partial charge on any atom is -0.355 e. The predicted molar refractivity (Wildman–Crippen MR) is 87.8 cm³/mol. The van der Waals surface area contributed by atoms with E-state index < -0.39 is 9.84 Å². The van der Waals surface area contributed by atoms with Crippen molar-refractivity contribution in [1.82, 2.24) is 9.97 Å². The number of anilines is 1. The zero-order chi connectivity index (χ0) is 15.6. The van der Waals surface area contributed by atoms with Crippen LogP contribution in [0.5, 0.6) is 0 Å². The fourth-order valence-electron chi connectivity index (χ4n) is 2.27. The molecule has 1 heterocycles. The smallest absolute Gasteiger partial charge is 0.201 e. The van der Waals surface area contributed by atoms with Crippen molar-refractivity contribution >= 4 is 26.8 Å². The molecule has 0 spiro atoms. The minimum atomic E-state index is -3.13. The van der Waals surface area contributed by atoms with Gasteiger partial charge in [-0.2, -0.15) is 0 Å². The number of hydrogen-bond donors (Lipinski definition) is 2. The molecule has 0 aliphatic heterocycles. The van der Waals surface area contributed by atoms with Gasteiger partial charge in [0.1, 0.15) is 0 Å². The summed E-state index contributed by atoms with van der Waals surface area (Å²) in [6.07, 6.45) is 2.01. The predicted octanol–water partition coefficient (Wildman–Crippen LogP) is 2.62. The zero-order valence-corrected chi connectivity index (χ0v) is 13.0. The summed E-state index contributed by atoms with van der Waals surface area (Å²) in [5.74, 6) is 0.744. The van der Waals surface area contributed by atoms with E-state index in [0.29, 0.717) is 4.90 Å². The van der Waals surface area contributed by atoms with Crippen LogP contribution in [0.15, 0.2) is 53.4 Å². The Balaban J connectivity index is 1.61. The molecular weight excluding hydrogens is 298 g/mol. The Morgan fingerprint density at radius 1 is 1.09 bits per heavy atom. The maximum Gasteiger partial charge on any atom is 0.201 e. The highest BCUT2D eigenvalue weighted by molar-refractivity contribution is 7.90. The molecule has 2 N–H and O–H groups in total. The van der Waals surface area contributed by atoms with E-state index in [9.17, 15) is 8.42 Å². The van der Waals surface area contributed by atoms with Crippen molar-refractivity contribution in [2.45, 2.75) is 11.3 Å². The molecule has 0 saturated carbocycles. The van der Waals surface area contributed by atoms with Crippen molar-refractivity contribution in [3.8, 4) is 0 Å². The van der Waals surface area contributed by atoms with Crippen LogP contribution in [-0.4, -0.2) is 31.2 Å². The van der Waals surface area contributed by atoms with Gasteiger partial charge in [-0.05, 0) is 36.2 Å². The lowest BCUT2D eigenvalue weighted by molar-refractivity contribution is 0.602. The molecule has 3 aromatic rings. The van der Waals surface area contributed by atoms with E-state index in [4.69, 9.17) is 0 Å². The summed E-state index contributed by atoms with van der Waals surface area (Å²) in [5, 5.41) is 3.24. The fraction of sp³-hybridized carbons (Fsp3) is 0.188. The van der Waals surface area contributed by atoms with Gasteiger partial charge in [0.25, 0.3) is 0 Å². The van der Waals surface area contributed by atoms with Gasteiger partial charge in [-0.25, -0.2) is 13.4 Å². The number of hydrogen-bond acceptors (Lipinski definition) is 4. The second kappa shape index (κ2) is 5.81. The summed E-state index contributed by atoms with van der Waals surface area (Å²) in [6.45, 7) is 0.720. The Bertz CT molecular complexity index is 850. The molecule has 6 heteroatoms.